The van der Waals surface area contributed by atoms with Gasteiger partial charge in [-0.3, -0.25) is 9.59 Å². The highest BCUT2D eigenvalue weighted by molar-refractivity contribution is 6.39. The lowest BCUT2D eigenvalue weighted by Crippen LogP contribution is -2.52. The molecule has 0 saturated carbocycles. The van der Waals surface area contributed by atoms with Gasteiger partial charge in [0.25, 0.3) is 11.8 Å². The van der Waals surface area contributed by atoms with E-state index < -0.39 is 0 Å². The number of unbranched alkanes of at least 4 members (excludes halogenated alkanes) is 1. The maximum absolute atomic E-state index is 14.2. The second-order valence-corrected chi connectivity index (χ2v) is 10.7. The molecule has 2 saturated heterocycles. The van der Waals surface area contributed by atoms with Crippen LogP contribution in [0.1, 0.15) is 62.9 Å². The molecule has 0 unspecified atom stereocenters. The molecular weight excluding hydrogens is 492 g/mol. The van der Waals surface area contributed by atoms with Gasteiger partial charge >= 0.3 is 0 Å². The zero-order valence-electron chi connectivity index (χ0n) is 22.4. The Labute approximate surface area is 225 Å². The Balaban J connectivity index is 1.71. The first-order chi connectivity index (χ1) is 17.9. The van der Waals surface area contributed by atoms with Crippen molar-refractivity contribution in [2.75, 3.05) is 46.5 Å². The summed E-state index contributed by atoms with van der Waals surface area (Å²) >= 11 is 6.98. The lowest BCUT2D eigenvalue weighted by molar-refractivity contribution is -0.132. The first kappa shape index (κ1) is 27.7. The van der Waals surface area contributed by atoms with Crippen LogP contribution in [0.15, 0.2) is 18.2 Å². The normalized spacial score (nSPS) is 18.1. The molecule has 1 N–H and O–H groups in total. The first-order valence-electron chi connectivity index (χ1n) is 13.7. The Hall–Kier alpha value is -2.29. The number of hydrogen-bond donors (Lipinski definition) is 1. The topological polar surface area (TPSA) is 76.0 Å². The van der Waals surface area contributed by atoms with Crippen molar-refractivity contribution in [1.29, 1.82) is 0 Å². The molecule has 2 amide bonds. The van der Waals surface area contributed by atoms with Gasteiger partial charge in [-0.15, -0.1) is 0 Å². The number of carbonyl (C=O) groups is 2. The number of rotatable bonds is 11. The molecule has 1 aromatic heterocycles. The van der Waals surface area contributed by atoms with E-state index in [4.69, 9.17) is 21.1 Å². The number of fused-ring (bicyclic) bond motifs is 1. The molecule has 1 atom stereocenters. The number of benzene rings is 1. The van der Waals surface area contributed by atoms with Crippen molar-refractivity contribution in [3.05, 3.63) is 28.9 Å². The van der Waals surface area contributed by atoms with E-state index >= 15 is 0 Å². The minimum absolute atomic E-state index is 0.00844. The van der Waals surface area contributed by atoms with Crippen LogP contribution in [-0.4, -0.2) is 84.8 Å². The van der Waals surface area contributed by atoms with Gasteiger partial charge in [-0.1, -0.05) is 23.7 Å². The fourth-order valence-electron chi connectivity index (χ4n) is 5.61. The van der Waals surface area contributed by atoms with Crippen LogP contribution in [0.4, 0.5) is 0 Å². The van der Waals surface area contributed by atoms with Crippen LogP contribution in [0.5, 0.6) is 5.75 Å². The summed E-state index contributed by atoms with van der Waals surface area (Å²) in [5.74, 6) is 0.509. The largest absolute Gasteiger partial charge is 0.482 e. The number of ether oxygens (including phenoxy) is 2. The van der Waals surface area contributed by atoms with E-state index in [9.17, 15) is 9.59 Å². The highest BCUT2D eigenvalue weighted by Crippen LogP contribution is 2.38. The highest BCUT2D eigenvalue weighted by Gasteiger charge is 2.33. The Kier molecular flexibility index (Phi) is 9.73. The fourth-order valence-corrected chi connectivity index (χ4v) is 5.95. The number of nitrogens with one attached hydrogen (secondary N) is 1. The van der Waals surface area contributed by atoms with Crippen LogP contribution in [0.25, 0.3) is 10.9 Å². The molecule has 204 valence electrons. The van der Waals surface area contributed by atoms with Crippen LogP contribution >= 0.6 is 11.6 Å². The summed E-state index contributed by atoms with van der Waals surface area (Å²) in [6.45, 7) is 8.67. The van der Waals surface area contributed by atoms with Gasteiger partial charge in [0, 0.05) is 57.4 Å². The van der Waals surface area contributed by atoms with Gasteiger partial charge < -0.3 is 29.2 Å². The number of amides is 2. The number of nitrogens with zero attached hydrogens (tertiary/aromatic N) is 3. The molecule has 0 radical (unpaired) electrons. The average molecular weight is 533 g/mol. The molecular formula is C28H41ClN4O4. The summed E-state index contributed by atoms with van der Waals surface area (Å²) in [5.41, 5.74) is 1.27. The second kappa shape index (κ2) is 13.0. The first-order valence-corrected chi connectivity index (χ1v) is 14.1. The average Bonchev–Trinajstić information content (AvgIpc) is 3.53. The van der Waals surface area contributed by atoms with Crippen molar-refractivity contribution in [2.45, 2.75) is 71.0 Å². The molecule has 0 bridgehead atoms. The van der Waals surface area contributed by atoms with Crippen LogP contribution < -0.4 is 10.1 Å². The molecule has 2 fully saturated rings. The standard InChI is InChI=1S/C28H41ClN4O4/c1-20(2)33(21-10-9-13-30-18-21)28(35)27-25(29)22-11-8-12-23(26(22)32(27)16-6-7-17-36-3)37-19-24(34)31-14-4-5-15-31/h8,11-12,20-21,30H,4-7,9-10,13-19H2,1-3H3/t21-/m1/s1. The fraction of sp³-hybridized carbons (Fsp3) is 0.643. The van der Waals surface area contributed by atoms with Crippen molar-refractivity contribution in [3.63, 3.8) is 0 Å². The van der Waals surface area contributed by atoms with Crippen molar-refractivity contribution < 1.29 is 19.1 Å². The van der Waals surface area contributed by atoms with E-state index in [1.54, 1.807) is 7.11 Å². The Bertz CT molecular complexity index is 1070. The summed E-state index contributed by atoms with van der Waals surface area (Å²) in [6, 6.07) is 5.81. The molecule has 1 aromatic carbocycles. The smallest absolute Gasteiger partial charge is 0.272 e. The number of aromatic nitrogens is 1. The van der Waals surface area contributed by atoms with Crippen LogP contribution in [-0.2, 0) is 16.1 Å². The summed E-state index contributed by atoms with van der Waals surface area (Å²) in [6.07, 6.45) is 5.76. The third-order valence-corrected chi connectivity index (χ3v) is 7.81. The van der Waals surface area contributed by atoms with Crippen LogP contribution in [0, 0.1) is 0 Å². The Morgan fingerprint density at radius 2 is 1.97 bits per heavy atom. The monoisotopic (exact) mass is 532 g/mol. The van der Waals surface area contributed by atoms with Gasteiger partial charge in [0.1, 0.15) is 11.4 Å². The number of carbonyl (C=O) groups excluding carboxylic acids is 2. The van der Waals surface area contributed by atoms with Crippen molar-refractivity contribution >= 4 is 34.3 Å². The summed E-state index contributed by atoms with van der Waals surface area (Å²) in [7, 11) is 1.69. The van der Waals surface area contributed by atoms with Gasteiger partial charge in [0.15, 0.2) is 6.61 Å². The number of halogens is 1. The number of piperidine rings is 1. The zero-order chi connectivity index (χ0) is 26.4. The van der Waals surface area contributed by atoms with E-state index in [-0.39, 0.29) is 30.5 Å². The number of hydrogen-bond acceptors (Lipinski definition) is 5. The third-order valence-electron chi connectivity index (χ3n) is 7.43. The minimum Gasteiger partial charge on any atom is -0.482 e. The molecule has 0 aliphatic carbocycles. The predicted molar refractivity (Wildman–Crippen MR) is 147 cm³/mol. The lowest BCUT2D eigenvalue weighted by atomic mass is 10.0. The van der Waals surface area contributed by atoms with Crippen molar-refractivity contribution in [2.24, 2.45) is 0 Å². The lowest BCUT2D eigenvalue weighted by Gasteiger charge is -2.38. The number of likely N-dealkylation sites (tertiary alicyclic amines) is 1. The highest BCUT2D eigenvalue weighted by atomic mass is 35.5. The van der Waals surface area contributed by atoms with Crippen LogP contribution in [0.2, 0.25) is 5.02 Å². The molecule has 2 aromatic rings. The number of methoxy groups -OCH3 is 1. The zero-order valence-corrected chi connectivity index (χ0v) is 23.2. The van der Waals surface area contributed by atoms with Crippen molar-refractivity contribution in [3.8, 4) is 5.75 Å². The maximum atomic E-state index is 14.2. The van der Waals surface area contributed by atoms with E-state index in [1.807, 2.05) is 32.6 Å². The third kappa shape index (κ3) is 6.24. The maximum Gasteiger partial charge on any atom is 0.272 e. The molecule has 9 heteroatoms. The Morgan fingerprint density at radius 1 is 1.19 bits per heavy atom. The minimum atomic E-state index is -0.0595. The Morgan fingerprint density at radius 3 is 2.65 bits per heavy atom. The second-order valence-electron chi connectivity index (χ2n) is 10.3. The van der Waals surface area contributed by atoms with E-state index in [0.29, 0.717) is 29.6 Å². The predicted octanol–water partition coefficient (Wildman–Crippen LogP) is 4.33. The quantitative estimate of drug-likeness (QED) is 0.436. The van der Waals surface area contributed by atoms with E-state index in [1.165, 1.54) is 0 Å². The summed E-state index contributed by atoms with van der Waals surface area (Å²) in [5, 5.41) is 4.65. The van der Waals surface area contributed by atoms with E-state index in [2.05, 4.69) is 19.2 Å². The summed E-state index contributed by atoms with van der Waals surface area (Å²) in [4.78, 5) is 30.7. The van der Waals surface area contributed by atoms with Gasteiger partial charge in [-0.05, 0) is 65.0 Å². The molecule has 8 nitrogen and oxygen atoms in total. The van der Waals surface area contributed by atoms with Gasteiger partial charge in [0.2, 0.25) is 0 Å². The van der Waals surface area contributed by atoms with Gasteiger partial charge in [0.05, 0.1) is 10.5 Å². The van der Waals surface area contributed by atoms with Gasteiger partial charge in [-0.2, -0.15) is 0 Å². The molecule has 4 rings (SSSR count). The number of para-hydroxylation sites is 1. The van der Waals surface area contributed by atoms with Crippen LogP contribution in [0.3, 0.4) is 0 Å². The molecule has 3 heterocycles. The number of aryl methyl sites for hydroxylation is 1. The van der Waals surface area contributed by atoms with E-state index in [0.717, 1.165) is 75.6 Å². The molecule has 2 aliphatic heterocycles. The summed E-state index contributed by atoms with van der Waals surface area (Å²) < 4.78 is 13.4. The van der Waals surface area contributed by atoms with Crippen molar-refractivity contribution in [1.82, 2.24) is 19.7 Å². The van der Waals surface area contributed by atoms with Gasteiger partial charge in [-0.25, -0.2) is 0 Å². The molecule has 0 spiro atoms. The molecule has 37 heavy (non-hydrogen) atoms. The SMILES string of the molecule is COCCCCn1c(C(=O)N(C(C)C)[C@@H]2CCCNC2)c(Cl)c2cccc(OCC(=O)N3CCCC3)c21. The molecule has 2 aliphatic rings.